The average molecular weight is 472 g/mol. The fraction of sp³-hybridized carbons (Fsp3) is 0.304. The highest BCUT2D eigenvalue weighted by Crippen LogP contribution is 2.33. The summed E-state index contributed by atoms with van der Waals surface area (Å²) in [5.41, 5.74) is 1.56. The number of piperidine rings is 1. The number of aromatic nitrogens is 1. The summed E-state index contributed by atoms with van der Waals surface area (Å²) in [5, 5.41) is 2.49. The first-order chi connectivity index (χ1) is 15.4. The monoisotopic (exact) mass is 471 g/mol. The van der Waals surface area contributed by atoms with Crippen LogP contribution < -0.4 is 9.64 Å². The molecule has 1 unspecified atom stereocenters. The number of ether oxygens (including phenoxy) is 1. The number of hydrogen-bond donors (Lipinski definition) is 0. The molecule has 4 rings (SSSR count). The van der Waals surface area contributed by atoms with Crippen LogP contribution in [0.4, 0.5) is 10.8 Å². The molecule has 0 bridgehead atoms. The van der Waals surface area contributed by atoms with Crippen molar-refractivity contribution in [1.29, 1.82) is 0 Å². The van der Waals surface area contributed by atoms with Gasteiger partial charge in [0.2, 0.25) is 15.9 Å². The molecule has 1 saturated heterocycles. The SMILES string of the molecule is COc1ccc(S(=O)(=O)N2CCCC(C(=O)N(c3ccccc3)c3nc(C)cs3)C2)cc1. The fourth-order valence-corrected chi connectivity index (χ4v) is 6.14. The third kappa shape index (κ3) is 4.55. The summed E-state index contributed by atoms with van der Waals surface area (Å²) in [6.07, 6.45) is 1.24. The minimum absolute atomic E-state index is 0.139. The van der Waals surface area contributed by atoms with Gasteiger partial charge in [-0.05, 0) is 56.2 Å². The van der Waals surface area contributed by atoms with Crippen LogP contribution in [0.3, 0.4) is 0 Å². The summed E-state index contributed by atoms with van der Waals surface area (Å²) in [6, 6.07) is 15.7. The van der Waals surface area contributed by atoms with Crippen LogP contribution in [0.1, 0.15) is 18.5 Å². The van der Waals surface area contributed by atoms with E-state index < -0.39 is 15.9 Å². The Kier molecular flexibility index (Phi) is 6.59. The van der Waals surface area contributed by atoms with E-state index in [0.29, 0.717) is 30.3 Å². The predicted molar refractivity (Wildman–Crippen MR) is 125 cm³/mol. The van der Waals surface area contributed by atoms with E-state index in [-0.39, 0.29) is 17.3 Å². The van der Waals surface area contributed by atoms with Crippen LogP contribution in [0, 0.1) is 12.8 Å². The first kappa shape index (κ1) is 22.4. The van der Waals surface area contributed by atoms with Gasteiger partial charge in [0, 0.05) is 18.5 Å². The second-order valence-electron chi connectivity index (χ2n) is 7.66. The summed E-state index contributed by atoms with van der Waals surface area (Å²) in [6.45, 7) is 2.41. The van der Waals surface area contributed by atoms with Crippen molar-refractivity contribution in [2.75, 3.05) is 25.1 Å². The Morgan fingerprint density at radius 2 is 1.88 bits per heavy atom. The van der Waals surface area contributed by atoms with Gasteiger partial charge in [0.05, 0.1) is 29.3 Å². The zero-order chi connectivity index (χ0) is 22.7. The van der Waals surface area contributed by atoms with Crippen molar-refractivity contribution in [1.82, 2.24) is 9.29 Å². The third-order valence-electron chi connectivity index (χ3n) is 5.46. The molecule has 0 N–H and O–H groups in total. The van der Waals surface area contributed by atoms with E-state index >= 15 is 0 Å². The molecule has 1 aromatic heterocycles. The van der Waals surface area contributed by atoms with Crippen molar-refractivity contribution in [2.45, 2.75) is 24.7 Å². The zero-order valence-corrected chi connectivity index (χ0v) is 19.6. The van der Waals surface area contributed by atoms with Crippen LogP contribution in [0.25, 0.3) is 0 Å². The van der Waals surface area contributed by atoms with Crippen molar-refractivity contribution in [3.63, 3.8) is 0 Å². The first-order valence-electron chi connectivity index (χ1n) is 10.4. The van der Waals surface area contributed by atoms with Crippen LogP contribution in [0.15, 0.2) is 64.9 Å². The smallest absolute Gasteiger partial charge is 0.243 e. The number of thiazole rings is 1. The number of amides is 1. The van der Waals surface area contributed by atoms with E-state index in [0.717, 1.165) is 11.4 Å². The molecule has 1 amide bonds. The Balaban J connectivity index is 1.60. The van der Waals surface area contributed by atoms with Gasteiger partial charge in [-0.3, -0.25) is 9.69 Å². The number of benzene rings is 2. The predicted octanol–water partition coefficient (Wildman–Crippen LogP) is 4.23. The maximum atomic E-state index is 13.7. The maximum absolute atomic E-state index is 13.7. The Morgan fingerprint density at radius 3 is 2.50 bits per heavy atom. The van der Waals surface area contributed by atoms with E-state index in [1.54, 1.807) is 17.0 Å². The molecule has 0 spiro atoms. The van der Waals surface area contributed by atoms with Crippen LogP contribution >= 0.6 is 11.3 Å². The maximum Gasteiger partial charge on any atom is 0.243 e. The second-order valence-corrected chi connectivity index (χ2v) is 10.4. The Bertz CT molecular complexity index is 1180. The zero-order valence-electron chi connectivity index (χ0n) is 18.0. The van der Waals surface area contributed by atoms with E-state index in [1.807, 2.05) is 42.6 Å². The van der Waals surface area contributed by atoms with E-state index in [4.69, 9.17) is 4.74 Å². The molecule has 2 aromatic carbocycles. The summed E-state index contributed by atoms with van der Waals surface area (Å²) in [7, 11) is -2.18. The van der Waals surface area contributed by atoms with Gasteiger partial charge in [-0.15, -0.1) is 11.3 Å². The van der Waals surface area contributed by atoms with Crippen molar-refractivity contribution < 1.29 is 17.9 Å². The van der Waals surface area contributed by atoms with Crippen molar-refractivity contribution in [3.05, 3.63) is 65.7 Å². The highest BCUT2D eigenvalue weighted by atomic mass is 32.2. The van der Waals surface area contributed by atoms with Crippen LogP contribution in [0.2, 0.25) is 0 Å². The molecule has 1 fully saturated rings. The van der Waals surface area contributed by atoms with Gasteiger partial charge in [-0.25, -0.2) is 13.4 Å². The van der Waals surface area contributed by atoms with Gasteiger partial charge >= 0.3 is 0 Å². The molecule has 0 aliphatic carbocycles. The summed E-state index contributed by atoms with van der Waals surface area (Å²) >= 11 is 1.40. The molecule has 2 heterocycles. The number of hydrogen-bond acceptors (Lipinski definition) is 6. The van der Waals surface area contributed by atoms with Gasteiger partial charge in [0.15, 0.2) is 5.13 Å². The minimum Gasteiger partial charge on any atom is -0.497 e. The number of carbonyl (C=O) groups excluding carboxylic acids is 1. The molecular formula is C23H25N3O4S2. The molecule has 1 aliphatic rings. The number of sulfonamides is 1. The molecule has 0 radical (unpaired) electrons. The molecule has 3 aromatic rings. The lowest BCUT2D eigenvalue weighted by Crippen LogP contribution is -2.45. The number of carbonyl (C=O) groups is 1. The van der Waals surface area contributed by atoms with Crippen LogP contribution in [-0.2, 0) is 14.8 Å². The highest BCUT2D eigenvalue weighted by molar-refractivity contribution is 7.89. The molecule has 7 nitrogen and oxygen atoms in total. The van der Waals surface area contributed by atoms with Crippen molar-refractivity contribution >= 4 is 38.1 Å². The lowest BCUT2D eigenvalue weighted by Gasteiger charge is -2.33. The minimum atomic E-state index is -3.71. The van der Waals surface area contributed by atoms with E-state index in [2.05, 4.69) is 4.98 Å². The molecule has 0 saturated carbocycles. The molecule has 1 atom stereocenters. The topological polar surface area (TPSA) is 79.8 Å². The standard InChI is InChI=1S/C23H25N3O4S2/c1-17-16-31-23(24-17)26(19-8-4-3-5-9-19)22(27)18-7-6-14-25(15-18)32(28,29)21-12-10-20(30-2)11-13-21/h3-5,8-13,16,18H,6-7,14-15H2,1-2H3. The molecule has 32 heavy (non-hydrogen) atoms. The average Bonchev–Trinajstić information content (AvgIpc) is 3.25. The molecular weight excluding hydrogens is 446 g/mol. The van der Waals surface area contributed by atoms with Gasteiger partial charge in [0.1, 0.15) is 5.75 Å². The van der Waals surface area contributed by atoms with Gasteiger partial charge in [-0.1, -0.05) is 18.2 Å². The van der Waals surface area contributed by atoms with Crippen molar-refractivity contribution in [3.8, 4) is 5.75 Å². The number of nitrogens with zero attached hydrogens (tertiary/aromatic N) is 3. The highest BCUT2D eigenvalue weighted by Gasteiger charge is 2.36. The number of methoxy groups -OCH3 is 1. The van der Waals surface area contributed by atoms with Gasteiger partial charge in [-0.2, -0.15) is 4.31 Å². The molecule has 1 aliphatic heterocycles. The summed E-state index contributed by atoms with van der Waals surface area (Å²) in [4.78, 5) is 20.0. The van der Waals surface area contributed by atoms with E-state index in [9.17, 15) is 13.2 Å². The van der Waals surface area contributed by atoms with E-state index in [1.165, 1.54) is 34.9 Å². The fourth-order valence-electron chi connectivity index (χ4n) is 3.79. The Hall–Kier alpha value is -2.75. The summed E-state index contributed by atoms with van der Waals surface area (Å²) < 4.78 is 33.0. The van der Waals surface area contributed by atoms with Gasteiger partial charge in [0.25, 0.3) is 0 Å². The number of anilines is 2. The van der Waals surface area contributed by atoms with Crippen LogP contribution in [0.5, 0.6) is 5.75 Å². The second kappa shape index (κ2) is 9.40. The number of rotatable bonds is 6. The van der Waals surface area contributed by atoms with Crippen molar-refractivity contribution in [2.24, 2.45) is 5.92 Å². The number of aryl methyl sites for hydroxylation is 1. The Morgan fingerprint density at radius 1 is 1.16 bits per heavy atom. The number of para-hydroxylation sites is 1. The normalized spacial score (nSPS) is 17.1. The largest absolute Gasteiger partial charge is 0.497 e. The Labute approximate surface area is 192 Å². The summed E-state index contributed by atoms with van der Waals surface area (Å²) in [5.74, 6) is -0.00532. The van der Waals surface area contributed by atoms with Gasteiger partial charge < -0.3 is 4.74 Å². The lowest BCUT2D eigenvalue weighted by atomic mass is 9.98. The lowest BCUT2D eigenvalue weighted by molar-refractivity contribution is -0.122. The quantitative estimate of drug-likeness (QED) is 0.538. The first-order valence-corrected chi connectivity index (χ1v) is 12.7. The molecule has 9 heteroatoms. The molecule has 168 valence electrons. The van der Waals surface area contributed by atoms with Crippen LogP contribution in [-0.4, -0.2) is 43.8 Å². The third-order valence-corrected chi connectivity index (χ3v) is 8.29.